The number of nitrogen functional groups attached to an aromatic ring is 1. The average molecular weight is 182 g/mol. The van der Waals surface area contributed by atoms with Gasteiger partial charge in [0.15, 0.2) is 0 Å². The minimum absolute atomic E-state index is 0.0893. The molecule has 5 nitrogen and oxygen atoms in total. The quantitative estimate of drug-likeness (QED) is 0.678. The molecule has 13 heavy (non-hydrogen) atoms. The number of aliphatic hydroxyl groups is 1. The van der Waals surface area contributed by atoms with Crippen LogP contribution in [0.2, 0.25) is 0 Å². The number of likely N-dealkylation sites (N-methyl/N-ethyl adjacent to an activating group) is 1. The second-order valence-electron chi connectivity index (χ2n) is 2.58. The van der Waals surface area contributed by atoms with Crippen LogP contribution in [0.1, 0.15) is 6.92 Å². The summed E-state index contributed by atoms with van der Waals surface area (Å²) in [5, 5.41) is 8.77. The number of nitrogens with zero attached hydrogens (tertiary/aromatic N) is 3. The zero-order valence-corrected chi connectivity index (χ0v) is 7.64. The Morgan fingerprint density at radius 2 is 2.38 bits per heavy atom. The first kappa shape index (κ1) is 9.73. The van der Waals surface area contributed by atoms with Gasteiger partial charge in [-0.2, -0.15) is 4.98 Å². The van der Waals surface area contributed by atoms with Crippen LogP contribution in [0.25, 0.3) is 0 Å². The van der Waals surface area contributed by atoms with Crippen molar-refractivity contribution in [3.63, 3.8) is 0 Å². The highest BCUT2D eigenvalue weighted by Gasteiger charge is 2.05. The summed E-state index contributed by atoms with van der Waals surface area (Å²) in [6.45, 7) is 3.35. The molecule has 0 aliphatic rings. The van der Waals surface area contributed by atoms with Crippen molar-refractivity contribution in [2.75, 3.05) is 30.3 Å². The van der Waals surface area contributed by atoms with Crippen molar-refractivity contribution in [1.82, 2.24) is 9.97 Å². The average Bonchev–Trinajstić information content (AvgIpc) is 2.14. The van der Waals surface area contributed by atoms with E-state index in [9.17, 15) is 0 Å². The molecule has 0 unspecified atom stereocenters. The maximum atomic E-state index is 8.77. The summed E-state index contributed by atoms with van der Waals surface area (Å²) < 4.78 is 0. The summed E-state index contributed by atoms with van der Waals surface area (Å²) in [4.78, 5) is 9.96. The van der Waals surface area contributed by atoms with Gasteiger partial charge in [0.1, 0.15) is 5.82 Å². The van der Waals surface area contributed by atoms with Crippen molar-refractivity contribution < 1.29 is 5.11 Å². The predicted octanol–water partition coefficient (Wildman–Crippen LogP) is -0.123. The lowest BCUT2D eigenvalue weighted by molar-refractivity contribution is 0.301. The van der Waals surface area contributed by atoms with E-state index in [2.05, 4.69) is 9.97 Å². The summed E-state index contributed by atoms with van der Waals surface area (Å²) in [6.07, 6.45) is 1.61. The van der Waals surface area contributed by atoms with Crippen LogP contribution in [0.15, 0.2) is 12.3 Å². The van der Waals surface area contributed by atoms with Crippen molar-refractivity contribution >= 4 is 11.8 Å². The minimum Gasteiger partial charge on any atom is -0.395 e. The summed E-state index contributed by atoms with van der Waals surface area (Å²) in [5.74, 6) is 1.01. The van der Waals surface area contributed by atoms with Crippen LogP contribution in [0.5, 0.6) is 0 Å². The van der Waals surface area contributed by atoms with Crippen LogP contribution >= 0.6 is 0 Å². The molecule has 0 aromatic carbocycles. The second kappa shape index (κ2) is 4.61. The smallest absolute Gasteiger partial charge is 0.227 e. The Hall–Kier alpha value is -1.36. The first-order valence-corrected chi connectivity index (χ1v) is 4.22. The third kappa shape index (κ3) is 2.55. The largest absolute Gasteiger partial charge is 0.395 e. The van der Waals surface area contributed by atoms with Gasteiger partial charge in [0.2, 0.25) is 5.95 Å². The number of aromatic nitrogens is 2. The fourth-order valence-corrected chi connectivity index (χ4v) is 1.03. The zero-order chi connectivity index (χ0) is 9.68. The molecule has 0 saturated carbocycles. The summed E-state index contributed by atoms with van der Waals surface area (Å²) in [7, 11) is 0. The van der Waals surface area contributed by atoms with Gasteiger partial charge in [0.25, 0.3) is 0 Å². The molecule has 0 radical (unpaired) electrons. The molecule has 0 saturated heterocycles. The Morgan fingerprint density at radius 1 is 1.62 bits per heavy atom. The molecular formula is C8H14N4O. The second-order valence-corrected chi connectivity index (χ2v) is 2.58. The van der Waals surface area contributed by atoms with Crippen LogP contribution < -0.4 is 10.6 Å². The molecule has 72 valence electrons. The van der Waals surface area contributed by atoms with E-state index in [4.69, 9.17) is 10.8 Å². The van der Waals surface area contributed by atoms with Gasteiger partial charge in [0, 0.05) is 19.3 Å². The predicted molar refractivity (Wildman–Crippen MR) is 51.4 cm³/mol. The Balaban J connectivity index is 2.78. The molecule has 1 aromatic heterocycles. The van der Waals surface area contributed by atoms with Crippen LogP contribution in [0.4, 0.5) is 11.8 Å². The molecule has 0 fully saturated rings. The molecule has 0 aliphatic carbocycles. The number of hydrogen-bond acceptors (Lipinski definition) is 5. The maximum absolute atomic E-state index is 8.77. The van der Waals surface area contributed by atoms with Gasteiger partial charge in [-0.05, 0) is 13.0 Å². The Kier molecular flexibility index (Phi) is 3.45. The van der Waals surface area contributed by atoms with Gasteiger partial charge in [-0.3, -0.25) is 0 Å². The van der Waals surface area contributed by atoms with Crippen molar-refractivity contribution in [1.29, 1.82) is 0 Å². The van der Waals surface area contributed by atoms with Crippen LogP contribution in [-0.2, 0) is 0 Å². The highest BCUT2D eigenvalue weighted by molar-refractivity contribution is 5.37. The molecule has 3 N–H and O–H groups in total. The Bertz CT molecular complexity index is 266. The number of anilines is 2. The zero-order valence-electron chi connectivity index (χ0n) is 7.64. The van der Waals surface area contributed by atoms with Gasteiger partial charge in [-0.1, -0.05) is 0 Å². The highest BCUT2D eigenvalue weighted by Crippen LogP contribution is 2.07. The fraction of sp³-hybridized carbons (Fsp3) is 0.500. The van der Waals surface area contributed by atoms with Gasteiger partial charge < -0.3 is 15.7 Å². The van der Waals surface area contributed by atoms with Crippen molar-refractivity contribution in [2.24, 2.45) is 0 Å². The fourth-order valence-electron chi connectivity index (χ4n) is 1.03. The number of nitrogens with two attached hydrogens (primary N) is 1. The Labute approximate surface area is 77.2 Å². The van der Waals surface area contributed by atoms with E-state index in [-0.39, 0.29) is 6.61 Å². The molecular weight excluding hydrogens is 168 g/mol. The molecule has 0 spiro atoms. The first-order valence-electron chi connectivity index (χ1n) is 4.22. The van der Waals surface area contributed by atoms with Gasteiger partial charge >= 0.3 is 0 Å². The van der Waals surface area contributed by atoms with Gasteiger partial charge in [0.05, 0.1) is 6.61 Å². The molecule has 0 bridgehead atoms. The van der Waals surface area contributed by atoms with Crippen LogP contribution in [0, 0.1) is 0 Å². The first-order chi connectivity index (χ1) is 6.27. The summed E-state index contributed by atoms with van der Waals surface area (Å²) >= 11 is 0. The molecule has 0 amide bonds. The molecule has 5 heteroatoms. The third-order valence-corrected chi connectivity index (χ3v) is 1.70. The number of rotatable bonds is 4. The normalized spacial score (nSPS) is 10.0. The van der Waals surface area contributed by atoms with E-state index >= 15 is 0 Å². The third-order valence-electron chi connectivity index (χ3n) is 1.70. The maximum Gasteiger partial charge on any atom is 0.227 e. The van der Waals surface area contributed by atoms with Gasteiger partial charge in [-0.25, -0.2) is 4.98 Å². The monoisotopic (exact) mass is 182 g/mol. The summed E-state index contributed by atoms with van der Waals surface area (Å²) in [6, 6.07) is 1.64. The highest BCUT2D eigenvalue weighted by atomic mass is 16.3. The molecule has 1 rings (SSSR count). The van der Waals surface area contributed by atoms with E-state index in [0.717, 1.165) is 6.54 Å². The van der Waals surface area contributed by atoms with E-state index in [1.807, 2.05) is 11.8 Å². The van der Waals surface area contributed by atoms with E-state index in [1.165, 1.54) is 0 Å². The number of aliphatic hydroxyl groups excluding tert-OH is 1. The lowest BCUT2D eigenvalue weighted by Gasteiger charge is -2.18. The SMILES string of the molecule is CCN(CCO)c1nccc(N)n1. The number of hydrogen-bond donors (Lipinski definition) is 2. The van der Waals surface area contributed by atoms with E-state index < -0.39 is 0 Å². The van der Waals surface area contributed by atoms with Crippen LogP contribution in [-0.4, -0.2) is 34.8 Å². The molecule has 1 heterocycles. The van der Waals surface area contributed by atoms with Crippen molar-refractivity contribution in [2.45, 2.75) is 6.92 Å². The lowest BCUT2D eigenvalue weighted by atomic mass is 10.5. The molecule has 0 aliphatic heterocycles. The summed E-state index contributed by atoms with van der Waals surface area (Å²) in [5.41, 5.74) is 5.51. The Morgan fingerprint density at radius 3 is 2.92 bits per heavy atom. The van der Waals surface area contributed by atoms with Gasteiger partial charge in [-0.15, -0.1) is 0 Å². The van der Waals surface area contributed by atoms with E-state index in [0.29, 0.717) is 18.3 Å². The molecule has 1 aromatic rings. The van der Waals surface area contributed by atoms with E-state index in [1.54, 1.807) is 12.3 Å². The van der Waals surface area contributed by atoms with Crippen LogP contribution in [0.3, 0.4) is 0 Å². The minimum atomic E-state index is 0.0893. The lowest BCUT2D eigenvalue weighted by Crippen LogP contribution is -2.28. The topological polar surface area (TPSA) is 75.3 Å². The van der Waals surface area contributed by atoms with Crippen molar-refractivity contribution in [3.8, 4) is 0 Å². The van der Waals surface area contributed by atoms with Crippen molar-refractivity contribution in [3.05, 3.63) is 12.3 Å². The molecule has 0 atom stereocenters. The standard InChI is InChI=1S/C8H14N4O/c1-2-12(5-6-13)8-10-4-3-7(9)11-8/h3-4,13H,2,5-6H2,1H3,(H2,9,10,11).